The lowest BCUT2D eigenvalue weighted by Gasteiger charge is -2.03. The number of rotatable bonds is 4. The zero-order valence-corrected chi connectivity index (χ0v) is 12.9. The van der Waals surface area contributed by atoms with Crippen molar-refractivity contribution in [2.75, 3.05) is 12.4 Å². The van der Waals surface area contributed by atoms with E-state index in [2.05, 4.69) is 31.5 Å². The summed E-state index contributed by atoms with van der Waals surface area (Å²) in [6, 6.07) is 10.6. The highest BCUT2D eigenvalue weighted by Gasteiger charge is 2.00. The summed E-state index contributed by atoms with van der Waals surface area (Å²) in [5, 5.41) is 5.24. The zero-order valence-electron chi connectivity index (χ0n) is 11.3. The van der Waals surface area contributed by atoms with Crippen LogP contribution in [0.2, 0.25) is 0 Å². The summed E-state index contributed by atoms with van der Waals surface area (Å²) in [4.78, 5) is 15.7. The summed E-state index contributed by atoms with van der Waals surface area (Å²) in [6.07, 6.45) is 4.95. The van der Waals surface area contributed by atoms with Crippen molar-refractivity contribution in [3.8, 4) is 5.75 Å². The molecule has 0 aliphatic rings. The molecule has 0 spiro atoms. The van der Waals surface area contributed by atoms with E-state index in [1.54, 1.807) is 37.7 Å². The van der Waals surface area contributed by atoms with E-state index >= 15 is 0 Å². The third-order valence-electron chi connectivity index (χ3n) is 2.57. The van der Waals surface area contributed by atoms with Gasteiger partial charge >= 0.3 is 6.03 Å². The Morgan fingerprint density at radius 1 is 1.29 bits per heavy atom. The number of carbonyl (C=O) groups excluding carboxylic acids is 1. The second kappa shape index (κ2) is 7.44. The number of benzene rings is 1. The molecule has 0 radical (unpaired) electrons. The van der Waals surface area contributed by atoms with Gasteiger partial charge in [0.1, 0.15) is 11.6 Å². The number of pyridine rings is 1. The Kier molecular flexibility index (Phi) is 5.34. The molecule has 21 heavy (non-hydrogen) atoms. The second-order valence-electron chi connectivity index (χ2n) is 4.06. The number of nitrogens with one attached hydrogen (secondary N) is 2. The lowest BCUT2D eigenvalue weighted by atomic mass is 10.2. The summed E-state index contributed by atoms with van der Waals surface area (Å²) < 4.78 is 5.92. The van der Waals surface area contributed by atoms with Crippen molar-refractivity contribution in [3.63, 3.8) is 0 Å². The third-order valence-corrected chi connectivity index (χ3v) is 3.06. The number of aromatic nitrogens is 1. The monoisotopic (exact) mass is 347 g/mol. The van der Waals surface area contributed by atoms with E-state index in [9.17, 15) is 4.79 Å². The lowest BCUT2D eigenvalue weighted by Crippen LogP contribution is -2.24. The number of ether oxygens (including phenoxy) is 1. The van der Waals surface area contributed by atoms with Gasteiger partial charge in [0.15, 0.2) is 0 Å². The van der Waals surface area contributed by atoms with Gasteiger partial charge in [-0.25, -0.2) is 9.78 Å². The van der Waals surface area contributed by atoms with Gasteiger partial charge in [-0.15, -0.1) is 0 Å². The standard InChI is InChI=1S/C15H14BrN3O2/c1-21-13-4-2-11(3-5-13)6-8-18-15(20)19-14-10-12(16)7-9-17-14/h2-10H,1H3,(H2,17,18,19,20)/b8-6+. The first kappa shape index (κ1) is 15.1. The maximum atomic E-state index is 11.7. The number of hydrogen-bond donors (Lipinski definition) is 2. The number of hydrogen-bond acceptors (Lipinski definition) is 3. The van der Waals surface area contributed by atoms with Crippen LogP contribution in [0.25, 0.3) is 6.08 Å². The van der Waals surface area contributed by atoms with Crippen LogP contribution in [-0.2, 0) is 0 Å². The first-order valence-corrected chi connectivity index (χ1v) is 6.96. The summed E-state index contributed by atoms with van der Waals surface area (Å²) >= 11 is 3.31. The first-order chi connectivity index (χ1) is 10.2. The number of nitrogens with zero attached hydrogens (tertiary/aromatic N) is 1. The molecule has 108 valence electrons. The van der Waals surface area contributed by atoms with Crippen LogP contribution >= 0.6 is 15.9 Å². The SMILES string of the molecule is COc1ccc(/C=C/NC(=O)Nc2cc(Br)ccn2)cc1. The summed E-state index contributed by atoms with van der Waals surface area (Å²) in [6.45, 7) is 0. The van der Waals surface area contributed by atoms with Gasteiger partial charge in [0.25, 0.3) is 0 Å². The molecular weight excluding hydrogens is 334 g/mol. The first-order valence-electron chi connectivity index (χ1n) is 6.17. The van der Waals surface area contributed by atoms with Crippen LogP contribution in [0.1, 0.15) is 5.56 Å². The Morgan fingerprint density at radius 3 is 2.71 bits per heavy atom. The molecule has 0 fully saturated rings. The van der Waals surface area contributed by atoms with Crippen molar-refractivity contribution in [2.45, 2.75) is 0 Å². The third kappa shape index (κ3) is 4.92. The number of methoxy groups -OCH3 is 1. The number of halogens is 1. The molecule has 2 aromatic rings. The average Bonchev–Trinajstić information content (AvgIpc) is 2.48. The van der Waals surface area contributed by atoms with E-state index < -0.39 is 0 Å². The highest BCUT2D eigenvalue weighted by molar-refractivity contribution is 9.10. The van der Waals surface area contributed by atoms with Gasteiger partial charge in [-0.2, -0.15) is 0 Å². The van der Waals surface area contributed by atoms with Crippen LogP contribution in [-0.4, -0.2) is 18.1 Å². The van der Waals surface area contributed by atoms with E-state index in [0.29, 0.717) is 5.82 Å². The Hall–Kier alpha value is -2.34. The molecule has 1 aromatic heterocycles. The van der Waals surface area contributed by atoms with Crippen molar-refractivity contribution in [1.29, 1.82) is 0 Å². The van der Waals surface area contributed by atoms with E-state index in [4.69, 9.17) is 4.74 Å². The predicted molar refractivity (Wildman–Crippen MR) is 86.1 cm³/mol. The minimum atomic E-state index is -0.356. The highest BCUT2D eigenvalue weighted by atomic mass is 79.9. The van der Waals surface area contributed by atoms with Gasteiger partial charge in [-0.05, 0) is 35.9 Å². The predicted octanol–water partition coefficient (Wildman–Crippen LogP) is 3.65. The van der Waals surface area contributed by atoms with Crippen LogP contribution in [0, 0.1) is 0 Å². The summed E-state index contributed by atoms with van der Waals surface area (Å²) in [7, 11) is 1.62. The zero-order chi connectivity index (χ0) is 15.1. The topological polar surface area (TPSA) is 63.2 Å². The molecule has 2 amide bonds. The number of anilines is 1. The molecule has 0 unspecified atom stereocenters. The van der Waals surface area contributed by atoms with Crippen LogP contribution < -0.4 is 15.4 Å². The quantitative estimate of drug-likeness (QED) is 0.887. The molecule has 0 saturated carbocycles. The van der Waals surface area contributed by atoms with Crippen molar-refractivity contribution in [2.24, 2.45) is 0 Å². The molecule has 2 N–H and O–H groups in total. The van der Waals surface area contributed by atoms with Gasteiger partial charge in [-0.1, -0.05) is 28.1 Å². The fourth-order valence-electron chi connectivity index (χ4n) is 1.55. The van der Waals surface area contributed by atoms with Crippen molar-refractivity contribution >= 4 is 33.9 Å². The molecule has 0 atom stereocenters. The van der Waals surface area contributed by atoms with Crippen molar-refractivity contribution in [1.82, 2.24) is 10.3 Å². The van der Waals surface area contributed by atoms with E-state index in [-0.39, 0.29) is 6.03 Å². The molecule has 0 aliphatic heterocycles. The Balaban J connectivity index is 1.86. The fourth-order valence-corrected chi connectivity index (χ4v) is 1.89. The largest absolute Gasteiger partial charge is 0.497 e. The van der Waals surface area contributed by atoms with Crippen molar-refractivity contribution in [3.05, 3.63) is 58.8 Å². The smallest absolute Gasteiger partial charge is 0.324 e. The fraction of sp³-hybridized carbons (Fsp3) is 0.0667. The van der Waals surface area contributed by atoms with Crippen LogP contribution in [0.4, 0.5) is 10.6 Å². The second-order valence-corrected chi connectivity index (χ2v) is 4.98. The molecule has 1 aromatic carbocycles. The molecule has 5 nitrogen and oxygen atoms in total. The average molecular weight is 348 g/mol. The molecule has 2 rings (SSSR count). The maximum absolute atomic E-state index is 11.7. The molecule has 6 heteroatoms. The van der Waals surface area contributed by atoms with Crippen LogP contribution in [0.5, 0.6) is 5.75 Å². The van der Waals surface area contributed by atoms with E-state index in [1.807, 2.05) is 24.3 Å². The molecule has 0 bridgehead atoms. The van der Waals surface area contributed by atoms with Gasteiger partial charge in [0, 0.05) is 16.9 Å². The normalized spacial score (nSPS) is 10.4. The maximum Gasteiger partial charge on any atom is 0.324 e. The minimum Gasteiger partial charge on any atom is -0.497 e. The number of urea groups is 1. The molecule has 1 heterocycles. The molecular formula is C15H14BrN3O2. The summed E-state index contributed by atoms with van der Waals surface area (Å²) in [5.74, 6) is 1.26. The molecule has 0 saturated heterocycles. The van der Waals surface area contributed by atoms with E-state index in [1.165, 1.54) is 0 Å². The van der Waals surface area contributed by atoms with Crippen LogP contribution in [0.3, 0.4) is 0 Å². The summed E-state index contributed by atoms with van der Waals surface area (Å²) in [5.41, 5.74) is 0.955. The van der Waals surface area contributed by atoms with Gasteiger partial charge in [-0.3, -0.25) is 5.32 Å². The van der Waals surface area contributed by atoms with Gasteiger partial charge in [0.2, 0.25) is 0 Å². The van der Waals surface area contributed by atoms with Crippen molar-refractivity contribution < 1.29 is 9.53 Å². The number of amides is 2. The highest BCUT2D eigenvalue weighted by Crippen LogP contribution is 2.13. The van der Waals surface area contributed by atoms with Gasteiger partial charge in [0.05, 0.1) is 7.11 Å². The van der Waals surface area contributed by atoms with Crippen LogP contribution in [0.15, 0.2) is 53.3 Å². The minimum absolute atomic E-state index is 0.356. The Bertz CT molecular complexity index is 642. The number of carbonyl (C=O) groups is 1. The Morgan fingerprint density at radius 2 is 2.05 bits per heavy atom. The Labute approximate surface area is 131 Å². The lowest BCUT2D eigenvalue weighted by molar-refractivity contribution is 0.255. The van der Waals surface area contributed by atoms with Gasteiger partial charge < -0.3 is 10.1 Å². The van der Waals surface area contributed by atoms with E-state index in [0.717, 1.165) is 15.8 Å². The molecule has 0 aliphatic carbocycles.